The predicted molar refractivity (Wildman–Crippen MR) is 134 cm³/mol. The number of hydrogen-bond donors (Lipinski definition) is 5. The fraction of sp³-hybridized carbons (Fsp3) is 0.292. The van der Waals surface area contributed by atoms with E-state index in [1.54, 1.807) is 69.3 Å². The predicted octanol–water partition coefficient (Wildman–Crippen LogP) is 2.99. The van der Waals surface area contributed by atoms with E-state index in [4.69, 9.17) is 15.2 Å². The van der Waals surface area contributed by atoms with Crippen LogP contribution >= 0.6 is 0 Å². The van der Waals surface area contributed by atoms with Gasteiger partial charge in [-0.1, -0.05) is 18.2 Å². The van der Waals surface area contributed by atoms with Crippen molar-refractivity contribution >= 4 is 41.2 Å². The van der Waals surface area contributed by atoms with Crippen LogP contribution in [0.3, 0.4) is 0 Å². The number of nitrogens with two attached hydrogens (primary N) is 1. The minimum absolute atomic E-state index is 0.176. The average molecular weight is 496 g/mol. The largest absolute Gasteiger partial charge is 0.464 e. The van der Waals surface area contributed by atoms with Gasteiger partial charge in [0.05, 0.1) is 12.7 Å². The number of ether oxygens (including phenoxy) is 2. The molecule has 1 aromatic heterocycles. The maximum Gasteiger partial charge on any atom is 0.408 e. The topological polar surface area (TPSA) is 173 Å². The van der Waals surface area contributed by atoms with E-state index < -0.39 is 18.1 Å². The first-order chi connectivity index (χ1) is 17.2. The molecule has 2 amide bonds. The number of H-pyrrole nitrogens is 1. The number of rotatable bonds is 10. The normalized spacial score (nSPS) is 11.4. The highest BCUT2D eigenvalue weighted by Gasteiger charge is 2.23. The second kappa shape index (κ2) is 12.2. The number of nitrogens with zero attached hydrogens (tertiary/aromatic N) is 2. The molecule has 2 aromatic carbocycles. The Balaban J connectivity index is 1.62. The Kier molecular flexibility index (Phi) is 8.81. The summed E-state index contributed by atoms with van der Waals surface area (Å²) in [6.07, 6.45) is -0.831. The van der Waals surface area contributed by atoms with Gasteiger partial charge in [-0.05, 0) is 56.7 Å². The maximum absolute atomic E-state index is 12.7. The van der Waals surface area contributed by atoms with Gasteiger partial charge in [-0.2, -0.15) is 4.98 Å². The average Bonchev–Trinajstić information content (AvgIpc) is 3.24. The number of amides is 2. The van der Waals surface area contributed by atoms with Crippen molar-refractivity contribution in [3.05, 3.63) is 59.7 Å². The second-order valence-electron chi connectivity index (χ2n) is 8.01. The van der Waals surface area contributed by atoms with Crippen LogP contribution in [0.5, 0.6) is 0 Å². The molecule has 36 heavy (non-hydrogen) atoms. The van der Waals surface area contributed by atoms with Crippen molar-refractivity contribution in [1.29, 1.82) is 0 Å². The number of alkyl carbamates (subject to hydrolysis) is 1. The number of esters is 1. The van der Waals surface area contributed by atoms with Gasteiger partial charge in [-0.3, -0.25) is 4.79 Å². The monoisotopic (exact) mass is 495 g/mol. The molecule has 6 N–H and O–H groups in total. The number of aromatic amines is 1. The first kappa shape index (κ1) is 26.0. The maximum atomic E-state index is 12.7. The Labute approximate surface area is 208 Å². The molecular weight excluding hydrogens is 466 g/mol. The van der Waals surface area contributed by atoms with Gasteiger partial charge >= 0.3 is 12.1 Å². The van der Waals surface area contributed by atoms with Crippen molar-refractivity contribution in [2.45, 2.75) is 39.3 Å². The Morgan fingerprint density at radius 2 is 1.83 bits per heavy atom. The van der Waals surface area contributed by atoms with E-state index >= 15 is 0 Å². The van der Waals surface area contributed by atoms with Gasteiger partial charge in [0.25, 0.3) is 5.91 Å². The van der Waals surface area contributed by atoms with Crippen LogP contribution in [0.4, 0.5) is 28.1 Å². The lowest BCUT2D eigenvalue weighted by atomic mass is 10.1. The minimum Gasteiger partial charge on any atom is -0.464 e. The molecule has 0 spiro atoms. The zero-order valence-corrected chi connectivity index (χ0v) is 20.2. The van der Waals surface area contributed by atoms with Crippen LogP contribution < -0.4 is 21.7 Å². The van der Waals surface area contributed by atoms with E-state index in [-0.39, 0.29) is 36.9 Å². The molecule has 0 saturated carbocycles. The van der Waals surface area contributed by atoms with Gasteiger partial charge in [0.1, 0.15) is 6.04 Å². The highest BCUT2D eigenvalue weighted by molar-refractivity contribution is 6.04. The Morgan fingerprint density at radius 3 is 2.47 bits per heavy atom. The van der Waals surface area contributed by atoms with E-state index in [2.05, 4.69) is 31.1 Å². The van der Waals surface area contributed by atoms with Crippen LogP contribution in [0.2, 0.25) is 0 Å². The number of benzene rings is 2. The van der Waals surface area contributed by atoms with Crippen LogP contribution in [0.15, 0.2) is 48.5 Å². The second-order valence-corrected chi connectivity index (χ2v) is 8.01. The summed E-state index contributed by atoms with van der Waals surface area (Å²) in [7, 11) is 0. The van der Waals surface area contributed by atoms with Crippen LogP contribution in [0.1, 0.15) is 36.7 Å². The third-order valence-electron chi connectivity index (χ3n) is 4.74. The van der Waals surface area contributed by atoms with Gasteiger partial charge < -0.3 is 31.2 Å². The summed E-state index contributed by atoms with van der Waals surface area (Å²) in [5.41, 5.74) is 7.87. The number of carbonyl (C=O) groups is 3. The third kappa shape index (κ3) is 7.72. The minimum atomic E-state index is -0.911. The molecular formula is C24H29N7O5. The fourth-order valence-electron chi connectivity index (χ4n) is 3.19. The summed E-state index contributed by atoms with van der Waals surface area (Å²) in [5.74, 6) is -0.413. The molecule has 190 valence electrons. The van der Waals surface area contributed by atoms with Crippen molar-refractivity contribution < 1.29 is 23.9 Å². The summed E-state index contributed by atoms with van der Waals surface area (Å²) in [6.45, 7) is 5.30. The van der Waals surface area contributed by atoms with Gasteiger partial charge in [0, 0.05) is 23.4 Å². The summed E-state index contributed by atoms with van der Waals surface area (Å²) in [5, 5.41) is 14.8. The van der Waals surface area contributed by atoms with Crippen molar-refractivity contribution in [2.24, 2.45) is 0 Å². The SMILES string of the molecule is CCOC(=O)C(Cc1ccc(NC(=O)c2cccc(Nc3n[nH]c(N)n3)c2)cc1)NC(=O)OC(C)C. The summed E-state index contributed by atoms with van der Waals surface area (Å²) >= 11 is 0. The van der Waals surface area contributed by atoms with Crippen LogP contribution in [0.25, 0.3) is 0 Å². The number of anilines is 4. The van der Waals surface area contributed by atoms with E-state index in [1.165, 1.54) is 0 Å². The van der Waals surface area contributed by atoms with E-state index in [0.717, 1.165) is 5.56 Å². The van der Waals surface area contributed by atoms with Crippen LogP contribution in [-0.2, 0) is 20.7 Å². The molecule has 1 heterocycles. The lowest BCUT2D eigenvalue weighted by Crippen LogP contribution is -2.44. The zero-order chi connectivity index (χ0) is 26.1. The lowest BCUT2D eigenvalue weighted by molar-refractivity contribution is -0.145. The molecule has 3 aromatic rings. The Morgan fingerprint density at radius 1 is 1.08 bits per heavy atom. The molecule has 0 aliphatic rings. The number of hydrogen-bond acceptors (Lipinski definition) is 9. The molecule has 0 fully saturated rings. The first-order valence-corrected chi connectivity index (χ1v) is 11.3. The summed E-state index contributed by atoms with van der Waals surface area (Å²) in [4.78, 5) is 41.0. The quantitative estimate of drug-likeness (QED) is 0.265. The molecule has 0 radical (unpaired) electrons. The van der Waals surface area contributed by atoms with E-state index in [1.807, 2.05) is 0 Å². The van der Waals surface area contributed by atoms with Crippen molar-refractivity contribution in [2.75, 3.05) is 23.0 Å². The molecule has 1 atom stereocenters. The van der Waals surface area contributed by atoms with Crippen molar-refractivity contribution in [1.82, 2.24) is 20.5 Å². The smallest absolute Gasteiger partial charge is 0.408 e. The van der Waals surface area contributed by atoms with E-state index in [0.29, 0.717) is 16.9 Å². The highest BCUT2D eigenvalue weighted by atomic mass is 16.6. The highest BCUT2D eigenvalue weighted by Crippen LogP contribution is 2.18. The lowest BCUT2D eigenvalue weighted by Gasteiger charge is -2.18. The molecule has 0 aliphatic carbocycles. The van der Waals surface area contributed by atoms with Crippen LogP contribution in [0, 0.1) is 0 Å². The molecule has 1 unspecified atom stereocenters. The van der Waals surface area contributed by atoms with Gasteiger partial charge in [0.15, 0.2) is 0 Å². The molecule has 0 aliphatic heterocycles. The zero-order valence-electron chi connectivity index (χ0n) is 20.2. The number of aromatic nitrogens is 3. The molecule has 12 nitrogen and oxygen atoms in total. The standard InChI is InChI=1S/C24H29N7O5/c1-4-35-21(33)19(28-24(34)36-14(2)3)12-15-8-10-17(11-9-15)26-20(32)16-6-5-7-18(13-16)27-23-29-22(25)30-31-23/h5-11,13-14,19H,4,12H2,1-3H3,(H,26,32)(H,28,34)(H4,25,27,29,30,31). The number of carbonyl (C=O) groups excluding carboxylic acids is 3. The Bertz CT molecular complexity index is 1190. The van der Waals surface area contributed by atoms with Gasteiger partial charge in [-0.25, -0.2) is 14.7 Å². The van der Waals surface area contributed by atoms with Gasteiger partial charge in [0.2, 0.25) is 11.9 Å². The summed E-state index contributed by atoms with van der Waals surface area (Å²) in [6, 6.07) is 12.8. The van der Waals surface area contributed by atoms with Crippen molar-refractivity contribution in [3.63, 3.8) is 0 Å². The van der Waals surface area contributed by atoms with E-state index in [9.17, 15) is 14.4 Å². The first-order valence-electron chi connectivity index (χ1n) is 11.3. The Hall–Kier alpha value is -4.61. The third-order valence-corrected chi connectivity index (χ3v) is 4.74. The molecule has 12 heteroatoms. The molecule has 3 rings (SSSR count). The van der Waals surface area contributed by atoms with Crippen LogP contribution in [-0.4, -0.2) is 51.9 Å². The molecule has 0 bridgehead atoms. The van der Waals surface area contributed by atoms with Gasteiger partial charge in [-0.15, -0.1) is 5.10 Å². The fourth-order valence-corrected chi connectivity index (χ4v) is 3.19. The number of nitrogens with one attached hydrogen (secondary N) is 4. The molecule has 0 saturated heterocycles. The van der Waals surface area contributed by atoms with Crippen molar-refractivity contribution in [3.8, 4) is 0 Å². The summed E-state index contributed by atoms with van der Waals surface area (Å²) < 4.78 is 10.1. The number of nitrogen functional groups attached to an aromatic ring is 1.